The Morgan fingerprint density at radius 2 is 1.76 bits per heavy atom. The molecule has 0 radical (unpaired) electrons. The number of methoxy groups -OCH3 is 1. The average Bonchev–Trinajstić information content (AvgIpc) is 2.71. The minimum Gasteiger partial charge on any atom is -0.496 e. The quantitative estimate of drug-likeness (QED) is 0.358. The second-order valence-corrected chi connectivity index (χ2v) is 6.78. The number of ether oxygens (including phenoxy) is 2. The van der Waals surface area contributed by atoms with Crippen LogP contribution in [0, 0.1) is 0 Å². The molecule has 2 N–H and O–H groups in total. The van der Waals surface area contributed by atoms with E-state index in [4.69, 9.17) is 9.47 Å². The van der Waals surface area contributed by atoms with Crippen LogP contribution in [0.3, 0.4) is 0 Å². The molecular weight excluding hydrogens is 440 g/mol. The molecule has 0 unspecified atom stereocenters. The molecule has 2 rings (SSSR count). The van der Waals surface area contributed by atoms with Crippen molar-refractivity contribution in [3.63, 3.8) is 0 Å². The third kappa shape index (κ3) is 7.08. The fraction of sp³-hybridized carbons (Fsp3) is 0.190. The number of nitrogens with one attached hydrogen (secondary N) is 2. The van der Waals surface area contributed by atoms with E-state index in [0.29, 0.717) is 11.3 Å². The zero-order valence-electron chi connectivity index (χ0n) is 16.0. The van der Waals surface area contributed by atoms with Crippen LogP contribution >= 0.6 is 15.9 Å². The molecule has 152 valence electrons. The zero-order chi connectivity index (χ0) is 21.2. The fourth-order valence-corrected chi connectivity index (χ4v) is 2.62. The van der Waals surface area contributed by atoms with Gasteiger partial charge in [-0.2, -0.15) is 0 Å². The van der Waals surface area contributed by atoms with E-state index < -0.39 is 17.8 Å². The molecule has 0 fully saturated rings. The molecule has 7 nitrogen and oxygen atoms in total. The lowest BCUT2D eigenvalue weighted by atomic mass is 10.1. The summed E-state index contributed by atoms with van der Waals surface area (Å²) in [6.45, 7) is 1.43. The molecule has 2 aromatic carbocycles. The lowest BCUT2D eigenvalue weighted by molar-refractivity contribution is -0.141. The van der Waals surface area contributed by atoms with Crippen LogP contribution in [-0.4, -0.2) is 38.0 Å². The number of esters is 1. The van der Waals surface area contributed by atoms with Gasteiger partial charge in [-0.1, -0.05) is 40.2 Å². The molecule has 29 heavy (non-hydrogen) atoms. The van der Waals surface area contributed by atoms with Crippen LogP contribution in [-0.2, 0) is 14.3 Å². The Morgan fingerprint density at radius 3 is 2.41 bits per heavy atom. The van der Waals surface area contributed by atoms with Crippen LogP contribution in [0.4, 0.5) is 0 Å². The van der Waals surface area contributed by atoms with E-state index in [1.54, 1.807) is 42.5 Å². The molecule has 0 saturated carbocycles. The SMILES string of the molecule is COc1ccccc1C(=O)N/C(=C\c1ccc(Br)cc1)C(=O)NCCOC(C)=O. The summed E-state index contributed by atoms with van der Waals surface area (Å²) in [6, 6.07) is 14.0. The molecule has 0 aliphatic rings. The molecule has 0 bridgehead atoms. The third-order valence-electron chi connectivity index (χ3n) is 3.72. The molecule has 2 amide bonds. The van der Waals surface area contributed by atoms with Gasteiger partial charge in [0.05, 0.1) is 19.2 Å². The van der Waals surface area contributed by atoms with E-state index in [9.17, 15) is 14.4 Å². The highest BCUT2D eigenvalue weighted by Crippen LogP contribution is 2.18. The first-order valence-electron chi connectivity index (χ1n) is 8.74. The predicted octanol–water partition coefficient (Wildman–Crippen LogP) is 2.91. The second kappa shape index (κ2) is 11.0. The number of amides is 2. The Balaban J connectivity index is 2.21. The monoisotopic (exact) mass is 460 g/mol. The topological polar surface area (TPSA) is 93.7 Å². The summed E-state index contributed by atoms with van der Waals surface area (Å²) in [7, 11) is 1.46. The Hall–Kier alpha value is -3.13. The van der Waals surface area contributed by atoms with Crippen LogP contribution in [0.15, 0.2) is 58.7 Å². The van der Waals surface area contributed by atoms with Gasteiger partial charge >= 0.3 is 5.97 Å². The molecule has 0 saturated heterocycles. The van der Waals surface area contributed by atoms with Gasteiger partial charge < -0.3 is 20.1 Å². The van der Waals surface area contributed by atoms with Crippen molar-refractivity contribution in [3.8, 4) is 5.75 Å². The first kappa shape index (κ1) is 22.2. The van der Waals surface area contributed by atoms with E-state index >= 15 is 0 Å². The van der Waals surface area contributed by atoms with Gasteiger partial charge in [0.1, 0.15) is 18.1 Å². The smallest absolute Gasteiger partial charge is 0.302 e. The van der Waals surface area contributed by atoms with Crippen molar-refractivity contribution in [1.82, 2.24) is 10.6 Å². The maximum Gasteiger partial charge on any atom is 0.302 e. The van der Waals surface area contributed by atoms with Crippen LogP contribution in [0.2, 0.25) is 0 Å². The van der Waals surface area contributed by atoms with Crippen LogP contribution < -0.4 is 15.4 Å². The highest BCUT2D eigenvalue weighted by atomic mass is 79.9. The first-order chi connectivity index (χ1) is 13.9. The van der Waals surface area contributed by atoms with E-state index in [0.717, 1.165) is 10.0 Å². The molecule has 0 heterocycles. The number of hydrogen-bond acceptors (Lipinski definition) is 5. The summed E-state index contributed by atoms with van der Waals surface area (Å²) in [5.41, 5.74) is 1.06. The maximum absolute atomic E-state index is 12.7. The summed E-state index contributed by atoms with van der Waals surface area (Å²) >= 11 is 3.36. The van der Waals surface area contributed by atoms with Gasteiger partial charge in [0.25, 0.3) is 11.8 Å². The number of halogens is 1. The lowest BCUT2D eigenvalue weighted by Crippen LogP contribution is -2.36. The standard InChI is InChI=1S/C21H21BrN2O5/c1-14(25)29-12-11-23-21(27)18(13-15-7-9-16(22)10-8-15)24-20(26)17-5-3-4-6-19(17)28-2/h3-10,13H,11-12H2,1-2H3,(H,23,27)(H,24,26)/b18-13-. The molecule has 0 aromatic heterocycles. The first-order valence-corrected chi connectivity index (χ1v) is 9.53. The minimum atomic E-state index is -0.511. The number of benzene rings is 2. The van der Waals surface area contributed by atoms with Gasteiger partial charge in [-0.05, 0) is 35.9 Å². The molecule has 8 heteroatoms. The van der Waals surface area contributed by atoms with Gasteiger partial charge in [-0.3, -0.25) is 14.4 Å². The third-order valence-corrected chi connectivity index (χ3v) is 4.25. The van der Waals surface area contributed by atoms with Crippen molar-refractivity contribution in [3.05, 3.63) is 69.8 Å². The summed E-state index contributed by atoms with van der Waals surface area (Å²) in [6.07, 6.45) is 1.56. The number of carbonyl (C=O) groups is 3. The van der Waals surface area contributed by atoms with Crippen molar-refractivity contribution >= 4 is 39.8 Å². The Labute approximate surface area is 177 Å². The fourth-order valence-electron chi connectivity index (χ4n) is 2.36. The number of para-hydroxylation sites is 1. The molecule has 0 aliphatic carbocycles. The highest BCUT2D eigenvalue weighted by Gasteiger charge is 2.17. The second-order valence-electron chi connectivity index (χ2n) is 5.86. The van der Waals surface area contributed by atoms with Gasteiger partial charge in [0.15, 0.2) is 0 Å². The lowest BCUT2D eigenvalue weighted by Gasteiger charge is -2.13. The van der Waals surface area contributed by atoms with Crippen molar-refractivity contribution in [2.24, 2.45) is 0 Å². The van der Waals surface area contributed by atoms with Crippen molar-refractivity contribution in [1.29, 1.82) is 0 Å². The molecule has 2 aromatic rings. The largest absolute Gasteiger partial charge is 0.496 e. The summed E-state index contributed by atoms with van der Waals surface area (Å²) in [5, 5.41) is 5.25. The van der Waals surface area contributed by atoms with Crippen LogP contribution in [0.5, 0.6) is 5.75 Å². The zero-order valence-corrected chi connectivity index (χ0v) is 17.6. The Kier molecular flexibility index (Phi) is 8.42. The number of hydrogen-bond donors (Lipinski definition) is 2. The van der Waals surface area contributed by atoms with Gasteiger partial charge in [-0.15, -0.1) is 0 Å². The highest BCUT2D eigenvalue weighted by molar-refractivity contribution is 9.10. The van der Waals surface area contributed by atoms with Gasteiger partial charge in [0.2, 0.25) is 0 Å². The molecule has 0 spiro atoms. The summed E-state index contributed by atoms with van der Waals surface area (Å²) in [4.78, 5) is 36.2. The minimum absolute atomic E-state index is 0.0348. The average molecular weight is 461 g/mol. The van der Waals surface area contributed by atoms with E-state index in [1.165, 1.54) is 14.0 Å². The number of rotatable bonds is 8. The molecule has 0 aliphatic heterocycles. The molecule has 0 atom stereocenters. The Bertz CT molecular complexity index is 910. The van der Waals surface area contributed by atoms with Crippen molar-refractivity contribution < 1.29 is 23.9 Å². The van der Waals surface area contributed by atoms with Crippen molar-refractivity contribution in [2.75, 3.05) is 20.3 Å². The van der Waals surface area contributed by atoms with E-state index in [1.807, 2.05) is 12.1 Å². The molecular formula is C21H21BrN2O5. The summed E-state index contributed by atoms with van der Waals surface area (Å²) < 4.78 is 10.9. The van der Waals surface area contributed by atoms with Crippen LogP contribution in [0.1, 0.15) is 22.8 Å². The van der Waals surface area contributed by atoms with E-state index in [-0.39, 0.29) is 18.8 Å². The normalized spacial score (nSPS) is 10.8. The van der Waals surface area contributed by atoms with E-state index in [2.05, 4.69) is 26.6 Å². The van der Waals surface area contributed by atoms with Crippen LogP contribution in [0.25, 0.3) is 6.08 Å². The number of carbonyl (C=O) groups excluding carboxylic acids is 3. The van der Waals surface area contributed by atoms with Gasteiger partial charge in [-0.25, -0.2) is 0 Å². The Morgan fingerprint density at radius 1 is 1.07 bits per heavy atom. The summed E-state index contributed by atoms with van der Waals surface area (Å²) in [5.74, 6) is -1.04. The maximum atomic E-state index is 12.7. The van der Waals surface area contributed by atoms with Crippen molar-refractivity contribution in [2.45, 2.75) is 6.92 Å². The van der Waals surface area contributed by atoms with Gasteiger partial charge in [0, 0.05) is 11.4 Å². The predicted molar refractivity (Wildman–Crippen MR) is 112 cm³/mol.